The van der Waals surface area contributed by atoms with Crippen molar-refractivity contribution in [3.05, 3.63) is 204 Å². The van der Waals surface area contributed by atoms with Crippen molar-refractivity contribution in [3.8, 4) is 66.8 Å². The van der Waals surface area contributed by atoms with Crippen molar-refractivity contribution in [1.82, 2.24) is 0 Å². The fourth-order valence-corrected chi connectivity index (χ4v) is 9.28. The maximum absolute atomic E-state index is 3.87. The van der Waals surface area contributed by atoms with E-state index >= 15 is 0 Å². The average Bonchev–Trinajstić information content (AvgIpc) is 3.65. The van der Waals surface area contributed by atoms with Crippen molar-refractivity contribution in [1.29, 1.82) is 0 Å². The van der Waals surface area contributed by atoms with Crippen LogP contribution in [-0.4, -0.2) is 0 Å². The lowest BCUT2D eigenvalue weighted by Crippen LogP contribution is -2.25. The van der Waals surface area contributed by atoms with Crippen LogP contribution in [0.2, 0.25) is 0 Å². The smallest absolute Gasteiger partial charge is 0.0726 e. The lowest BCUT2D eigenvalue weighted by Gasteiger charge is -2.30. The molecule has 0 atom stereocenters. The monoisotopic (exact) mass is 633 g/mol. The molecule has 0 heterocycles. The molecule has 0 aromatic heterocycles. The van der Waals surface area contributed by atoms with E-state index in [9.17, 15) is 0 Å². The molecule has 1 nitrogen and oxygen atoms in total. The maximum Gasteiger partial charge on any atom is 0.0726 e. The Balaban J connectivity index is 1.09. The number of rotatable bonds is 2. The Bertz CT molecular complexity index is 2630. The van der Waals surface area contributed by atoms with Gasteiger partial charge in [0.1, 0.15) is 0 Å². The van der Waals surface area contributed by atoms with E-state index in [1.807, 2.05) is 0 Å². The molecule has 0 fully saturated rings. The second-order valence-corrected chi connectivity index (χ2v) is 13.7. The third-order valence-electron chi connectivity index (χ3n) is 11.2. The highest BCUT2D eigenvalue weighted by atomic mass is 14.9. The summed E-state index contributed by atoms with van der Waals surface area (Å²) in [5, 5.41) is 3.87. The Labute approximate surface area is 292 Å². The van der Waals surface area contributed by atoms with Crippen LogP contribution in [0.25, 0.3) is 66.8 Å². The minimum Gasteiger partial charge on any atom is -0.355 e. The molecule has 0 amide bonds. The third-order valence-corrected chi connectivity index (χ3v) is 11.2. The Kier molecular flexibility index (Phi) is 5.66. The summed E-state index contributed by atoms with van der Waals surface area (Å²) in [6, 6.07) is 67.3. The molecule has 3 aliphatic rings. The lowest BCUT2D eigenvalue weighted by atomic mass is 9.70. The van der Waals surface area contributed by atoms with Crippen LogP contribution in [0.4, 0.5) is 11.4 Å². The van der Waals surface area contributed by atoms with E-state index in [2.05, 4.69) is 187 Å². The molecule has 0 radical (unpaired) electrons. The minimum absolute atomic E-state index is 0.362. The fraction of sp³-hybridized carbons (Fsp3) is 0.0204. The predicted octanol–water partition coefficient (Wildman–Crippen LogP) is 12.8. The van der Waals surface area contributed by atoms with Crippen LogP contribution in [0.1, 0.15) is 22.3 Å². The van der Waals surface area contributed by atoms with E-state index in [0.29, 0.717) is 0 Å². The zero-order valence-electron chi connectivity index (χ0n) is 27.3. The van der Waals surface area contributed by atoms with Gasteiger partial charge in [-0.25, -0.2) is 0 Å². The summed E-state index contributed by atoms with van der Waals surface area (Å²) in [6.07, 6.45) is 0. The van der Waals surface area contributed by atoms with Gasteiger partial charge >= 0.3 is 0 Å². The summed E-state index contributed by atoms with van der Waals surface area (Å²) in [5.41, 5.74) is 22.5. The highest BCUT2D eigenvalue weighted by molar-refractivity contribution is 6.04. The summed E-state index contributed by atoms with van der Waals surface area (Å²) in [4.78, 5) is 0. The highest BCUT2D eigenvalue weighted by Gasteiger charge is 2.51. The second kappa shape index (κ2) is 10.3. The number of hydrogen-bond acceptors (Lipinski definition) is 1. The summed E-state index contributed by atoms with van der Waals surface area (Å²) in [5.74, 6) is 0. The molecule has 232 valence electrons. The van der Waals surface area contributed by atoms with Gasteiger partial charge < -0.3 is 5.32 Å². The molecular weight excluding hydrogens is 603 g/mol. The molecular formula is C49H31N. The van der Waals surface area contributed by atoms with Gasteiger partial charge in [0.05, 0.1) is 5.41 Å². The van der Waals surface area contributed by atoms with Crippen molar-refractivity contribution in [3.63, 3.8) is 0 Å². The Morgan fingerprint density at radius 1 is 0.240 bits per heavy atom. The molecule has 1 heteroatoms. The zero-order valence-corrected chi connectivity index (χ0v) is 27.3. The molecule has 0 bridgehead atoms. The first kappa shape index (κ1) is 27.5. The van der Waals surface area contributed by atoms with Gasteiger partial charge in [0.2, 0.25) is 0 Å². The van der Waals surface area contributed by atoms with Crippen molar-refractivity contribution in [2.24, 2.45) is 0 Å². The Morgan fingerprint density at radius 3 is 0.980 bits per heavy atom. The fourth-order valence-electron chi connectivity index (χ4n) is 9.28. The van der Waals surface area contributed by atoms with E-state index < -0.39 is 0 Å². The van der Waals surface area contributed by atoms with Crippen molar-refractivity contribution < 1.29 is 0 Å². The van der Waals surface area contributed by atoms with Crippen LogP contribution >= 0.6 is 0 Å². The molecule has 8 aromatic rings. The van der Waals surface area contributed by atoms with Gasteiger partial charge in [-0.2, -0.15) is 0 Å². The first-order valence-electron chi connectivity index (χ1n) is 17.4. The maximum atomic E-state index is 3.87. The average molecular weight is 634 g/mol. The molecule has 50 heavy (non-hydrogen) atoms. The van der Waals surface area contributed by atoms with Crippen molar-refractivity contribution in [2.75, 3.05) is 5.32 Å². The minimum atomic E-state index is -0.362. The molecule has 0 saturated heterocycles. The standard InChI is InChI=1S/C49H31N/c1-2-14-34-33(13-1)35-15-3-4-17-37(35)39-27-25-31(29-44(39)38-18-6-5-16-36(34)38)50-32-26-28-43-42-21-9-12-24-47(42)49(48(43)30-32)45-22-10-7-19-40(45)41-20-8-11-23-46(41)49/h1-30,50H. The second-order valence-electron chi connectivity index (χ2n) is 13.7. The predicted molar refractivity (Wildman–Crippen MR) is 208 cm³/mol. The number of hydrogen-bond donors (Lipinski definition) is 1. The molecule has 1 spiro atoms. The molecule has 3 aliphatic carbocycles. The molecule has 0 unspecified atom stereocenters. The van der Waals surface area contributed by atoms with E-state index in [1.54, 1.807) is 0 Å². The molecule has 0 aliphatic heterocycles. The van der Waals surface area contributed by atoms with Crippen LogP contribution in [-0.2, 0) is 5.41 Å². The molecule has 1 N–H and O–H groups in total. The van der Waals surface area contributed by atoms with Crippen LogP contribution in [0.15, 0.2) is 182 Å². The Hall–Kier alpha value is -6.44. The largest absolute Gasteiger partial charge is 0.355 e. The molecule has 0 saturated carbocycles. The number of benzene rings is 8. The normalized spacial score (nSPS) is 13.4. The van der Waals surface area contributed by atoms with Gasteiger partial charge in [-0.3, -0.25) is 0 Å². The first-order chi connectivity index (χ1) is 24.8. The van der Waals surface area contributed by atoms with E-state index in [-0.39, 0.29) is 5.41 Å². The summed E-state index contributed by atoms with van der Waals surface area (Å²) >= 11 is 0. The Morgan fingerprint density at radius 2 is 0.540 bits per heavy atom. The van der Waals surface area contributed by atoms with Gasteiger partial charge in [-0.15, -0.1) is 0 Å². The van der Waals surface area contributed by atoms with E-state index in [0.717, 1.165) is 11.4 Å². The van der Waals surface area contributed by atoms with Crippen molar-refractivity contribution in [2.45, 2.75) is 5.41 Å². The van der Waals surface area contributed by atoms with E-state index in [4.69, 9.17) is 0 Å². The van der Waals surface area contributed by atoms with Gasteiger partial charge in [0, 0.05) is 11.4 Å². The van der Waals surface area contributed by atoms with Gasteiger partial charge in [-0.05, 0) is 113 Å². The number of nitrogens with one attached hydrogen (secondary N) is 1. The van der Waals surface area contributed by atoms with Gasteiger partial charge in [-0.1, -0.05) is 158 Å². The summed E-state index contributed by atoms with van der Waals surface area (Å²) < 4.78 is 0. The van der Waals surface area contributed by atoms with Gasteiger partial charge in [0.15, 0.2) is 0 Å². The topological polar surface area (TPSA) is 12.0 Å². The highest BCUT2D eigenvalue weighted by Crippen LogP contribution is 2.63. The zero-order chi connectivity index (χ0) is 32.8. The summed E-state index contributed by atoms with van der Waals surface area (Å²) in [6.45, 7) is 0. The first-order valence-corrected chi connectivity index (χ1v) is 17.4. The summed E-state index contributed by atoms with van der Waals surface area (Å²) in [7, 11) is 0. The molecule has 11 rings (SSSR count). The number of anilines is 2. The van der Waals surface area contributed by atoms with Crippen molar-refractivity contribution >= 4 is 11.4 Å². The third kappa shape index (κ3) is 3.61. The van der Waals surface area contributed by atoms with Crippen LogP contribution in [0.3, 0.4) is 0 Å². The quantitative estimate of drug-likeness (QED) is 0.200. The van der Waals surface area contributed by atoms with E-state index in [1.165, 1.54) is 89.0 Å². The van der Waals surface area contributed by atoms with Crippen LogP contribution < -0.4 is 5.32 Å². The van der Waals surface area contributed by atoms with Crippen LogP contribution in [0, 0.1) is 0 Å². The molecule has 8 aromatic carbocycles. The lowest BCUT2D eigenvalue weighted by molar-refractivity contribution is 0.794. The SMILES string of the molecule is c1ccc2c(c1)-c1ccccc1-c1ccc(Nc3ccc4c(c3)C3(c5ccccc5-c5ccccc53)c3ccccc3-4)cc1-c1ccccc1-2. The van der Waals surface area contributed by atoms with Gasteiger partial charge in [0.25, 0.3) is 0 Å². The van der Waals surface area contributed by atoms with Crippen LogP contribution in [0.5, 0.6) is 0 Å². The number of fused-ring (bicyclic) bond motifs is 18.